The van der Waals surface area contributed by atoms with E-state index >= 15 is 0 Å². The first-order valence-corrected chi connectivity index (χ1v) is 9.84. The van der Waals surface area contributed by atoms with Crippen LogP contribution in [0.1, 0.15) is 44.1 Å². The first-order valence-electron chi connectivity index (χ1n) is 9.84. The summed E-state index contributed by atoms with van der Waals surface area (Å²) in [6, 6.07) is 9.23. The predicted molar refractivity (Wildman–Crippen MR) is 124 cm³/mol. The van der Waals surface area contributed by atoms with Gasteiger partial charge in [-0.05, 0) is 43.0 Å². The Labute approximate surface area is 190 Å². The molecule has 1 fully saturated rings. The van der Waals surface area contributed by atoms with Gasteiger partial charge >= 0.3 is 0 Å². The van der Waals surface area contributed by atoms with Crippen molar-refractivity contribution >= 4 is 36.4 Å². The number of aromatic nitrogens is 1. The van der Waals surface area contributed by atoms with Gasteiger partial charge in [0, 0.05) is 36.1 Å². The molecule has 166 valence electrons. The normalized spacial score (nSPS) is 14.6. The average molecular weight is 456 g/mol. The minimum atomic E-state index is -0.0611. The summed E-state index contributed by atoms with van der Waals surface area (Å²) in [6.45, 7) is 0.931. The molecule has 2 aromatic rings. The SMILES string of the molecule is COc1ccc(NC(=O)CC2(CN)CCCCC2)cc1OCc1cccnc1.Cl.Cl. The fourth-order valence-corrected chi connectivity index (χ4v) is 3.81. The molecule has 0 spiro atoms. The summed E-state index contributed by atoms with van der Waals surface area (Å²) < 4.78 is 11.3. The third-order valence-corrected chi connectivity index (χ3v) is 5.45. The van der Waals surface area contributed by atoms with E-state index < -0.39 is 0 Å². The van der Waals surface area contributed by atoms with E-state index in [0.29, 0.717) is 36.8 Å². The van der Waals surface area contributed by atoms with Gasteiger partial charge in [-0.15, -0.1) is 24.8 Å². The van der Waals surface area contributed by atoms with E-state index in [2.05, 4.69) is 10.3 Å². The lowest BCUT2D eigenvalue weighted by atomic mass is 9.71. The van der Waals surface area contributed by atoms with Crippen LogP contribution in [0.4, 0.5) is 5.69 Å². The highest BCUT2D eigenvalue weighted by molar-refractivity contribution is 5.91. The Morgan fingerprint density at radius 2 is 1.93 bits per heavy atom. The number of hydrogen-bond acceptors (Lipinski definition) is 5. The van der Waals surface area contributed by atoms with Crippen LogP contribution in [-0.2, 0) is 11.4 Å². The number of amides is 1. The molecule has 0 bridgehead atoms. The lowest BCUT2D eigenvalue weighted by molar-refractivity contribution is -0.118. The summed E-state index contributed by atoms with van der Waals surface area (Å²) in [5, 5.41) is 3.00. The topological polar surface area (TPSA) is 86.5 Å². The van der Waals surface area contributed by atoms with Crippen molar-refractivity contribution in [2.75, 3.05) is 19.0 Å². The summed E-state index contributed by atoms with van der Waals surface area (Å²) in [6.07, 6.45) is 9.53. The van der Waals surface area contributed by atoms with Gasteiger partial charge in [0.15, 0.2) is 11.5 Å². The quantitative estimate of drug-likeness (QED) is 0.599. The fourth-order valence-electron chi connectivity index (χ4n) is 3.81. The van der Waals surface area contributed by atoms with E-state index in [4.69, 9.17) is 15.2 Å². The minimum Gasteiger partial charge on any atom is -0.493 e. The molecular weight excluding hydrogens is 425 g/mol. The second-order valence-corrected chi connectivity index (χ2v) is 7.51. The van der Waals surface area contributed by atoms with E-state index in [1.54, 1.807) is 31.6 Å². The molecule has 1 amide bonds. The molecule has 1 aliphatic carbocycles. The van der Waals surface area contributed by atoms with E-state index in [9.17, 15) is 4.79 Å². The van der Waals surface area contributed by atoms with Gasteiger partial charge < -0.3 is 20.5 Å². The molecule has 0 radical (unpaired) electrons. The van der Waals surface area contributed by atoms with Crippen LogP contribution in [0.2, 0.25) is 0 Å². The molecule has 0 unspecified atom stereocenters. The zero-order chi connectivity index (χ0) is 19.8. The zero-order valence-corrected chi connectivity index (χ0v) is 18.9. The lowest BCUT2D eigenvalue weighted by Gasteiger charge is -2.35. The molecule has 1 heterocycles. The molecule has 1 saturated carbocycles. The minimum absolute atomic E-state index is 0. The molecule has 8 heteroatoms. The summed E-state index contributed by atoms with van der Waals surface area (Å²) in [5.41, 5.74) is 7.60. The summed E-state index contributed by atoms with van der Waals surface area (Å²) in [5.74, 6) is 1.19. The number of hydrogen-bond donors (Lipinski definition) is 2. The van der Waals surface area contributed by atoms with Crippen LogP contribution in [0.15, 0.2) is 42.7 Å². The molecule has 0 saturated heterocycles. The number of methoxy groups -OCH3 is 1. The van der Waals surface area contributed by atoms with E-state index in [-0.39, 0.29) is 36.1 Å². The van der Waals surface area contributed by atoms with Gasteiger partial charge in [0.1, 0.15) is 6.61 Å². The molecule has 3 N–H and O–H groups in total. The number of carbonyl (C=O) groups is 1. The zero-order valence-electron chi connectivity index (χ0n) is 17.3. The van der Waals surface area contributed by atoms with Gasteiger partial charge in [-0.3, -0.25) is 9.78 Å². The van der Waals surface area contributed by atoms with Crippen molar-refractivity contribution in [3.05, 3.63) is 48.3 Å². The number of nitrogens with zero attached hydrogens (tertiary/aromatic N) is 1. The van der Waals surface area contributed by atoms with Gasteiger partial charge in [0.2, 0.25) is 5.91 Å². The van der Waals surface area contributed by atoms with Crippen LogP contribution in [0.25, 0.3) is 0 Å². The number of ether oxygens (including phenoxy) is 2. The van der Waals surface area contributed by atoms with Gasteiger partial charge in [0.05, 0.1) is 7.11 Å². The Morgan fingerprint density at radius 3 is 2.57 bits per heavy atom. The number of benzene rings is 1. The Balaban J connectivity index is 0.00000225. The molecule has 1 aromatic heterocycles. The average Bonchev–Trinajstić information content (AvgIpc) is 2.73. The van der Waals surface area contributed by atoms with Crippen molar-refractivity contribution in [3.63, 3.8) is 0 Å². The molecule has 6 nitrogen and oxygen atoms in total. The Hall–Kier alpha value is -2.02. The number of nitrogens with two attached hydrogens (primary N) is 1. The first kappa shape index (κ1) is 26.0. The number of rotatable bonds is 8. The third-order valence-electron chi connectivity index (χ3n) is 5.45. The lowest BCUT2D eigenvalue weighted by Crippen LogP contribution is -2.36. The standard InChI is InChI=1S/C22H29N3O3.2ClH/c1-27-19-8-7-18(12-20(19)28-15-17-6-5-11-24-14-17)25-21(26)13-22(16-23)9-3-2-4-10-22;;/h5-8,11-12,14H,2-4,9-10,13,15-16,23H2,1H3,(H,25,26);2*1H. The number of pyridine rings is 1. The fraction of sp³-hybridized carbons (Fsp3) is 0.455. The van der Waals surface area contributed by atoms with Crippen molar-refractivity contribution in [2.45, 2.75) is 45.1 Å². The highest BCUT2D eigenvalue weighted by Gasteiger charge is 2.33. The monoisotopic (exact) mass is 455 g/mol. The van der Waals surface area contributed by atoms with Gasteiger partial charge in [-0.25, -0.2) is 0 Å². The van der Waals surface area contributed by atoms with Gasteiger partial charge in [-0.2, -0.15) is 0 Å². The highest BCUT2D eigenvalue weighted by Crippen LogP contribution is 2.39. The predicted octanol–water partition coefficient (Wildman–Crippen LogP) is 4.75. The van der Waals surface area contributed by atoms with Crippen LogP contribution in [0.3, 0.4) is 0 Å². The Bertz CT molecular complexity index is 784. The Morgan fingerprint density at radius 1 is 1.17 bits per heavy atom. The number of anilines is 1. The molecular formula is C22H31Cl2N3O3. The smallest absolute Gasteiger partial charge is 0.224 e. The second kappa shape index (κ2) is 12.6. The largest absolute Gasteiger partial charge is 0.493 e. The molecule has 1 aliphatic rings. The maximum Gasteiger partial charge on any atom is 0.224 e. The van der Waals surface area contributed by atoms with E-state index in [1.807, 2.05) is 18.2 Å². The van der Waals surface area contributed by atoms with Crippen LogP contribution < -0.4 is 20.5 Å². The molecule has 3 rings (SSSR count). The van der Waals surface area contributed by atoms with E-state index in [1.165, 1.54) is 6.42 Å². The van der Waals surface area contributed by atoms with Crippen LogP contribution in [-0.4, -0.2) is 24.5 Å². The first-order chi connectivity index (χ1) is 13.6. The third kappa shape index (κ3) is 7.04. The second-order valence-electron chi connectivity index (χ2n) is 7.51. The van der Waals surface area contributed by atoms with Gasteiger partial charge in [0.25, 0.3) is 0 Å². The highest BCUT2D eigenvalue weighted by atomic mass is 35.5. The van der Waals surface area contributed by atoms with Crippen molar-refractivity contribution in [1.29, 1.82) is 0 Å². The number of nitrogens with one attached hydrogen (secondary N) is 1. The van der Waals surface area contributed by atoms with Crippen LogP contribution >= 0.6 is 24.8 Å². The van der Waals surface area contributed by atoms with E-state index in [0.717, 1.165) is 31.2 Å². The van der Waals surface area contributed by atoms with Crippen molar-refractivity contribution in [3.8, 4) is 11.5 Å². The molecule has 0 aliphatic heterocycles. The number of carbonyl (C=O) groups excluding carboxylic acids is 1. The summed E-state index contributed by atoms with van der Waals surface area (Å²) in [7, 11) is 1.60. The van der Waals surface area contributed by atoms with Crippen molar-refractivity contribution < 1.29 is 14.3 Å². The summed E-state index contributed by atoms with van der Waals surface area (Å²) in [4.78, 5) is 16.7. The molecule has 1 aromatic carbocycles. The van der Waals surface area contributed by atoms with Crippen LogP contribution in [0, 0.1) is 5.41 Å². The molecule has 0 atom stereocenters. The maximum atomic E-state index is 12.6. The van der Waals surface area contributed by atoms with Crippen molar-refractivity contribution in [2.24, 2.45) is 11.1 Å². The maximum absolute atomic E-state index is 12.6. The van der Waals surface area contributed by atoms with Gasteiger partial charge in [-0.1, -0.05) is 25.3 Å². The summed E-state index contributed by atoms with van der Waals surface area (Å²) >= 11 is 0. The molecule has 30 heavy (non-hydrogen) atoms. The van der Waals surface area contributed by atoms with Crippen molar-refractivity contribution in [1.82, 2.24) is 4.98 Å². The number of halogens is 2. The van der Waals surface area contributed by atoms with Crippen LogP contribution in [0.5, 0.6) is 11.5 Å². The Kier molecular flexibility index (Phi) is 10.9.